The van der Waals surface area contributed by atoms with Gasteiger partial charge in [0.15, 0.2) is 0 Å². The monoisotopic (exact) mass is 446 g/mol. The molecule has 0 aliphatic heterocycles. The minimum absolute atomic E-state index is 0.0608. The van der Waals surface area contributed by atoms with Gasteiger partial charge in [0.2, 0.25) is 0 Å². The summed E-state index contributed by atoms with van der Waals surface area (Å²) in [6.45, 7) is 15.8. The summed E-state index contributed by atoms with van der Waals surface area (Å²) in [5.74, 6) is 0. The Morgan fingerprint density at radius 2 is 1.00 bits per heavy atom. The van der Waals surface area contributed by atoms with Crippen LogP contribution < -0.4 is 0 Å². The van der Waals surface area contributed by atoms with Crippen molar-refractivity contribution in [3.05, 3.63) is 105 Å². The average molecular weight is 447 g/mol. The molecule has 0 spiro atoms. The van der Waals surface area contributed by atoms with E-state index < -0.39 is 0 Å². The summed E-state index contributed by atoms with van der Waals surface area (Å²) in [6.07, 6.45) is 4.10. The third-order valence-electron chi connectivity index (χ3n) is 7.57. The maximum Gasteiger partial charge on any atom is 0.0433 e. The first kappa shape index (κ1) is 24.6. The van der Waals surface area contributed by atoms with Gasteiger partial charge >= 0.3 is 0 Å². The topological polar surface area (TPSA) is 0 Å². The second kappa shape index (κ2) is 10.3. The Labute approximate surface area is 201 Å². The van der Waals surface area contributed by atoms with Crippen molar-refractivity contribution in [2.45, 2.75) is 84.9 Å². The van der Waals surface area contributed by atoms with Crippen molar-refractivity contribution in [1.29, 1.82) is 0 Å². The van der Waals surface area contributed by atoms with Gasteiger partial charge in [0, 0.05) is 10.8 Å². The van der Waals surface area contributed by atoms with E-state index in [1.807, 2.05) is 0 Å². The van der Waals surface area contributed by atoms with Crippen LogP contribution in [0, 0.1) is 41.5 Å². The van der Waals surface area contributed by atoms with Crippen LogP contribution in [0.4, 0.5) is 0 Å². The van der Waals surface area contributed by atoms with Crippen LogP contribution in [0.15, 0.2) is 54.6 Å². The standard InChI is InChI=1S/C31H39Cl/c1-21-11-8-12-22(2)27(21)17-18-29(32)31(7,30-25(5)15-10-16-26(30)6)20-19-28-23(3)13-9-14-24(28)4/h8-16,29H,17-20H2,1-7H3. The highest BCUT2D eigenvalue weighted by atomic mass is 35.5. The van der Waals surface area contributed by atoms with Crippen LogP contribution in [0.2, 0.25) is 0 Å². The molecule has 0 nitrogen and oxygen atoms in total. The molecule has 32 heavy (non-hydrogen) atoms. The molecule has 0 radical (unpaired) electrons. The molecule has 0 aliphatic rings. The van der Waals surface area contributed by atoms with Gasteiger partial charge in [0.25, 0.3) is 0 Å². The maximum atomic E-state index is 7.37. The second-order valence-electron chi connectivity index (χ2n) is 9.93. The number of benzene rings is 3. The Balaban J connectivity index is 1.94. The number of hydrogen-bond acceptors (Lipinski definition) is 0. The maximum absolute atomic E-state index is 7.37. The Morgan fingerprint density at radius 1 is 0.625 bits per heavy atom. The summed E-state index contributed by atoms with van der Waals surface area (Å²) in [7, 11) is 0. The van der Waals surface area contributed by atoms with Crippen molar-refractivity contribution in [2.24, 2.45) is 0 Å². The van der Waals surface area contributed by atoms with E-state index in [1.54, 1.807) is 0 Å². The minimum atomic E-state index is -0.0949. The fourth-order valence-corrected chi connectivity index (χ4v) is 5.94. The zero-order valence-corrected chi connectivity index (χ0v) is 21.7. The van der Waals surface area contributed by atoms with Crippen LogP contribution in [0.5, 0.6) is 0 Å². The van der Waals surface area contributed by atoms with Gasteiger partial charge in [0.05, 0.1) is 0 Å². The molecule has 3 rings (SSSR count). The molecule has 1 heteroatoms. The molecule has 2 atom stereocenters. The molecule has 0 N–H and O–H groups in total. The van der Waals surface area contributed by atoms with Gasteiger partial charge in [0.1, 0.15) is 0 Å². The highest BCUT2D eigenvalue weighted by Gasteiger charge is 2.36. The van der Waals surface area contributed by atoms with Crippen molar-refractivity contribution in [3.8, 4) is 0 Å². The predicted octanol–water partition coefficient (Wildman–Crippen LogP) is 8.67. The van der Waals surface area contributed by atoms with E-state index in [4.69, 9.17) is 11.6 Å². The van der Waals surface area contributed by atoms with Gasteiger partial charge in [-0.3, -0.25) is 0 Å². The quantitative estimate of drug-likeness (QED) is 0.303. The highest BCUT2D eigenvalue weighted by Crippen LogP contribution is 2.42. The van der Waals surface area contributed by atoms with E-state index >= 15 is 0 Å². The molecule has 3 aromatic carbocycles. The third-order valence-corrected chi connectivity index (χ3v) is 8.27. The van der Waals surface area contributed by atoms with E-state index in [-0.39, 0.29) is 10.8 Å². The summed E-state index contributed by atoms with van der Waals surface area (Å²) in [5, 5.41) is 0.0608. The summed E-state index contributed by atoms with van der Waals surface area (Å²) >= 11 is 7.37. The number of alkyl halides is 1. The fourth-order valence-electron chi connectivity index (χ4n) is 5.61. The third kappa shape index (κ3) is 5.12. The lowest BCUT2D eigenvalue weighted by Gasteiger charge is -2.38. The first-order valence-electron chi connectivity index (χ1n) is 12.0. The van der Waals surface area contributed by atoms with Crippen molar-refractivity contribution in [1.82, 2.24) is 0 Å². The number of hydrogen-bond donors (Lipinski definition) is 0. The Bertz CT molecular complexity index is 1020. The molecule has 0 heterocycles. The zero-order valence-electron chi connectivity index (χ0n) is 21.0. The Hall–Kier alpha value is -2.05. The van der Waals surface area contributed by atoms with Crippen molar-refractivity contribution >= 4 is 11.6 Å². The lowest BCUT2D eigenvalue weighted by Crippen LogP contribution is -2.36. The number of halogens is 1. The van der Waals surface area contributed by atoms with Crippen LogP contribution in [0.25, 0.3) is 0 Å². The smallest absolute Gasteiger partial charge is 0.0433 e. The van der Waals surface area contributed by atoms with E-state index in [1.165, 1.54) is 50.1 Å². The van der Waals surface area contributed by atoms with Crippen LogP contribution in [0.1, 0.15) is 69.8 Å². The summed E-state index contributed by atoms with van der Waals surface area (Å²) in [4.78, 5) is 0. The molecular formula is C31H39Cl. The highest BCUT2D eigenvalue weighted by molar-refractivity contribution is 6.21. The zero-order chi connectivity index (χ0) is 23.5. The van der Waals surface area contributed by atoms with Gasteiger partial charge < -0.3 is 0 Å². The van der Waals surface area contributed by atoms with E-state index in [9.17, 15) is 0 Å². The molecule has 0 aromatic heterocycles. The van der Waals surface area contributed by atoms with Gasteiger partial charge in [-0.25, -0.2) is 0 Å². The average Bonchev–Trinajstić information content (AvgIpc) is 2.72. The fraction of sp³-hybridized carbons (Fsp3) is 0.419. The van der Waals surface area contributed by atoms with Crippen molar-refractivity contribution in [2.75, 3.05) is 0 Å². The van der Waals surface area contributed by atoms with Gasteiger partial charge in [-0.15, -0.1) is 11.6 Å². The summed E-state index contributed by atoms with van der Waals surface area (Å²) < 4.78 is 0. The molecule has 0 saturated heterocycles. The van der Waals surface area contributed by atoms with E-state index in [0.717, 1.165) is 25.7 Å². The molecule has 0 bridgehead atoms. The lowest BCUT2D eigenvalue weighted by molar-refractivity contribution is 0.392. The van der Waals surface area contributed by atoms with E-state index in [0.29, 0.717) is 0 Å². The Kier molecular flexibility index (Phi) is 7.88. The minimum Gasteiger partial charge on any atom is -0.122 e. The van der Waals surface area contributed by atoms with Crippen molar-refractivity contribution < 1.29 is 0 Å². The Morgan fingerprint density at radius 3 is 1.44 bits per heavy atom. The molecule has 170 valence electrons. The van der Waals surface area contributed by atoms with Crippen LogP contribution in [-0.4, -0.2) is 5.38 Å². The van der Waals surface area contributed by atoms with Crippen LogP contribution in [-0.2, 0) is 18.3 Å². The summed E-state index contributed by atoms with van der Waals surface area (Å²) in [5.41, 5.74) is 12.5. The normalized spacial score (nSPS) is 14.2. The summed E-state index contributed by atoms with van der Waals surface area (Å²) in [6, 6.07) is 19.9. The van der Waals surface area contributed by atoms with E-state index in [2.05, 4.69) is 103 Å². The molecular weight excluding hydrogens is 408 g/mol. The van der Waals surface area contributed by atoms with Crippen molar-refractivity contribution in [3.63, 3.8) is 0 Å². The number of rotatable bonds is 8. The van der Waals surface area contributed by atoms with Crippen LogP contribution in [0.3, 0.4) is 0 Å². The SMILES string of the molecule is Cc1cccc(C)c1CCC(Cl)C(C)(CCc1c(C)cccc1C)c1c(C)cccc1C. The van der Waals surface area contributed by atoms with Crippen LogP contribution >= 0.6 is 11.6 Å². The van der Waals surface area contributed by atoms with Gasteiger partial charge in [-0.1, -0.05) is 61.5 Å². The molecule has 0 aliphatic carbocycles. The van der Waals surface area contributed by atoms with Gasteiger partial charge in [-0.05, 0) is 117 Å². The first-order chi connectivity index (χ1) is 15.1. The largest absolute Gasteiger partial charge is 0.122 e. The molecule has 3 aromatic rings. The molecule has 0 fully saturated rings. The molecule has 0 saturated carbocycles. The molecule has 2 unspecified atom stereocenters. The number of aryl methyl sites for hydroxylation is 6. The molecule has 0 amide bonds. The lowest BCUT2D eigenvalue weighted by atomic mass is 9.70. The first-order valence-corrected chi connectivity index (χ1v) is 12.4. The second-order valence-corrected chi connectivity index (χ2v) is 10.5. The van der Waals surface area contributed by atoms with Gasteiger partial charge in [-0.2, -0.15) is 0 Å². The predicted molar refractivity (Wildman–Crippen MR) is 141 cm³/mol.